The third-order valence-electron chi connectivity index (χ3n) is 4.79. The van der Waals surface area contributed by atoms with Crippen molar-refractivity contribution in [3.8, 4) is 28.6 Å². The van der Waals surface area contributed by atoms with Gasteiger partial charge in [0.1, 0.15) is 11.5 Å². The fourth-order valence-corrected chi connectivity index (χ4v) is 4.60. The first-order chi connectivity index (χ1) is 16.6. The number of thioether (sulfide) groups is 1. The molecule has 34 heavy (non-hydrogen) atoms. The highest BCUT2D eigenvalue weighted by Gasteiger charge is 2.17. The molecule has 0 unspecified atom stereocenters. The second-order valence-electron chi connectivity index (χ2n) is 7.10. The molecule has 1 N–H and O–H groups in total. The lowest BCUT2D eigenvalue weighted by atomic mass is 10.2. The lowest BCUT2D eigenvalue weighted by Gasteiger charge is -2.11. The second kappa shape index (κ2) is 11.0. The highest BCUT2D eigenvalue weighted by molar-refractivity contribution is 7.99. The van der Waals surface area contributed by atoms with Gasteiger partial charge in [-0.1, -0.05) is 11.8 Å². The topological polar surface area (TPSA) is 90.6 Å². The third kappa shape index (κ3) is 5.64. The van der Waals surface area contributed by atoms with Crippen molar-refractivity contribution < 1.29 is 14.3 Å². The number of rotatable bonds is 9. The van der Waals surface area contributed by atoms with Crippen molar-refractivity contribution >= 4 is 35.2 Å². The highest BCUT2D eigenvalue weighted by atomic mass is 32.2. The molecule has 0 bridgehead atoms. The van der Waals surface area contributed by atoms with Gasteiger partial charge in [0.25, 0.3) is 5.91 Å². The van der Waals surface area contributed by atoms with Crippen molar-refractivity contribution in [2.45, 2.75) is 12.1 Å². The molecule has 0 aliphatic rings. The van der Waals surface area contributed by atoms with E-state index < -0.39 is 0 Å². The number of aromatic nitrogens is 3. The van der Waals surface area contributed by atoms with Crippen LogP contribution in [0.15, 0.2) is 70.9 Å². The van der Waals surface area contributed by atoms with Gasteiger partial charge in [-0.15, -0.1) is 21.5 Å². The summed E-state index contributed by atoms with van der Waals surface area (Å²) in [6.07, 6.45) is 1.64. The summed E-state index contributed by atoms with van der Waals surface area (Å²) in [5.41, 5.74) is 4.29. The van der Waals surface area contributed by atoms with E-state index in [-0.39, 0.29) is 11.7 Å². The molecule has 4 aromatic rings. The van der Waals surface area contributed by atoms with Crippen molar-refractivity contribution in [3.05, 3.63) is 70.4 Å². The Balaban J connectivity index is 1.54. The van der Waals surface area contributed by atoms with Gasteiger partial charge in [-0.3, -0.25) is 9.36 Å². The SMILES string of the molecule is COc1ccc(-c2nnc(SCC(=O)N/N=C\c3ccc(C)s3)n2-c2ccc(OC)cc2)cc1. The van der Waals surface area contributed by atoms with Crippen molar-refractivity contribution in [1.29, 1.82) is 0 Å². The number of benzene rings is 2. The van der Waals surface area contributed by atoms with E-state index in [0.717, 1.165) is 27.6 Å². The summed E-state index contributed by atoms with van der Waals surface area (Å²) in [4.78, 5) is 14.5. The number of carbonyl (C=O) groups excluding carboxylic acids is 1. The maximum Gasteiger partial charge on any atom is 0.250 e. The maximum absolute atomic E-state index is 12.4. The lowest BCUT2D eigenvalue weighted by Crippen LogP contribution is -2.19. The number of methoxy groups -OCH3 is 2. The molecule has 0 aliphatic carbocycles. The van der Waals surface area contributed by atoms with Crippen LogP contribution in [0.4, 0.5) is 0 Å². The molecule has 174 valence electrons. The summed E-state index contributed by atoms with van der Waals surface area (Å²) in [6.45, 7) is 2.02. The van der Waals surface area contributed by atoms with Crippen LogP contribution in [0.25, 0.3) is 17.1 Å². The number of nitrogens with one attached hydrogen (secondary N) is 1. The van der Waals surface area contributed by atoms with E-state index in [1.54, 1.807) is 31.8 Å². The van der Waals surface area contributed by atoms with Crippen LogP contribution in [-0.2, 0) is 4.79 Å². The van der Waals surface area contributed by atoms with Gasteiger partial charge in [-0.05, 0) is 67.6 Å². The Labute approximate surface area is 205 Å². The number of thiophene rings is 1. The van der Waals surface area contributed by atoms with E-state index >= 15 is 0 Å². The Morgan fingerprint density at radius 2 is 1.71 bits per heavy atom. The van der Waals surface area contributed by atoms with Crippen LogP contribution in [0.2, 0.25) is 0 Å². The van der Waals surface area contributed by atoms with Gasteiger partial charge < -0.3 is 9.47 Å². The molecule has 0 aliphatic heterocycles. The molecule has 0 saturated heterocycles. The summed E-state index contributed by atoms with van der Waals surface area (Å²) >= 11 is 2.89. The van der Waals surface area contributed by atoms with Gasteiger partial charge in [-0.25, -0.2) is 5.43 Å². The Morgan fingerprint density at radius 1 is 1.03 bits per heavy atom. The molecule has 2 aromatic heterocycles. The number of hydrogen-bond acceptors (Lipinski definition) is 8. The first-order valence-corrected chi connectivity index (χ1v) is 12.1. The zero-order valence-corrected chi connectivity index (χ0v) is 20.5. The minimum Gasteiger partial charge on any atom is -0.497 e. The quantitative estimate of drug-likeness (QED) is 0.209. The third-order valence-corrected chi connectivity index (χ3v) is 6.65. The van der Waals surface area contributed by atoms with E-state index in [9.17, 15) is 4.79 Å². The fourth-order valence-electron chi connectivity index (χ4n) is 3.11. The molecule has 1 amide bonds. The Bertz CT molecular complexity index is 1280. The Morgan fingerprint density at radius 3 is 2.32 bits per heavy atom. The molecule has 2 heterocycles. The van der Waals surface area contributed by atoms with E-state index in [4.69, 9.17) is 9.47 Å². The lowest BCUT2D eigenvalue weighted by molar-refractivity contribution is -0.118. The van der Waals surface area contributed by atoms with E-state index in [0.29, 0.717) is 11.0 Å². The minimum absolute atomic E-state index is 0.137. The standard InChI is InChI=1S/C24H23N5O3S2/c1-16-4-13-21(34-16)14-25-26-22(30)15-33-24-28-27-23(17-5-9-19(31-2)10-6-17)29(24)18-7-11-20(32-3)12-8-18/h4-14H,15H2,1-3H3,(H,26,30)/b25-14-. The van der Waals surface area contributed by atoms with Crippen LogP contribution in [0.5, 0.6) is 11.5 Å². The summed E-state index contributed by atoms with van der Waals surface area (Å²) in [6, 6.07) is 19.1. The molecule has 0 saturated carbocycles. The zero-order valence-electron chi connectivity index (χ0n) is 18.9. The minimum atomic E-state index is -0.232. The van der Waals surface area contributed by atoms with E-state index in [1.165, 1.54) is 16.6 Å². The first kappa shape index (κ1) is 23.5. The summed E-state index contributed by atoms with van der Waals surface area (Å²) in [5, 5.41) is 13.4. The molecule has 10 heteroatoms. The van der Waals surface area contributed by atoms with Gasteiger partial charge in [0.2, 0.25) is 0 Å². The summed E-state index contributed by atoms with van der Waals surface area (Å²) in [7, 11) is 3.25. The van der Waals surface area contributed by atoms with Crippen LogP contribution >= 0.6 is 23.1 Å². The Kier molecular flexibility index (Phi) is 7.61. The molecule has 2 aromatic carbocycles. The van der Waals surface area contributed by atoms with Crippen molar-refractivity contribution in [1.82, 2.24) is 20.2 Å². The number of nitrogens with zero attached hydrogens (tertiary/aromatic N) is 4. The van der Waals surface area contributed by atoms with Gasteiger partial charge in [0, 0.05) is 21.0 Å². The number of hydrazone groups is 1. The van der Waals surface area contributed by atoms with E-state index in [2.05, 4.69) is 20.7 Å². The van der Waals surface area contributed by atoms with Crippen LogP contribution in [-0.4, -0.2) is 46.9 Å². The number of hydrogen-bond donors (Lipinski definition) is 1. The van der Waals surface area contributed by atoms with Gasteiger partial charge in [0.05, 0.1) is 26.2 Å². The predicted molar refractivity (Wildman–Crippen MR) is 135 cm³/mol. The molecular weight excluding hydrogens is 470 g/mol. The van der Waals surface area contributed by atoms with Gasteiger partial charge >= 0.3 is 0 Å². The molecule has 0 radical (unpaired) electrons. The number of ether oxygens (including phenoxy) is 2. The highest BCUT2D eigenvalue weighted by Crippen LogP contribution is 2.29. The largest absolute Gasteiger partial charge is 0.497 e. The number of aryl methyl sites for hydroxylation is 1. The molecule has 4 rings (SSSR count). The summed E-state index contributed by atoms with van der Waals surface area (Å²) in [5.74, 6) is 2.06. The predicted octanol–water partition coefficient (Wildman–Crippen LogP) is 4.56. The average Bonchev–Trinajstić information content (AvgIpc) is 3.49. The van der Waals surface area contributed by atoms with Crippen molar-refractivity contribution in [2.75, 3.05) is 20.0 Å². The van der Waals surface area contributed by atoms with Crippen LogP contribution in [0, 0.1) is 6.92 Å². The Hall–Kier alpha value is -3.63. The number of carbonyl (C=O) groups is 1. The fraction of sp³-hybridized carbons (Fsp3) is 0.167. The number of amides is 1. The smallest absolute Gasteiger partial charge is 0.250 e. The maximum atomic E-state index is 12.4. The van der Waals surface area contributed by atoms with Gasteiger partial charge in [-0.2, -0.15) is 5.10 Å². The average molecular weight is 494 g/mol. The first-order valence-electron chi connectivity index (χ1n) is 10.3. The molecular formula is C24H23N5O3S2. The molecule has 0 atom stereocenters. The zero-order chi connectivity index (χ0) is 23.9. The van der Waals surface area contributed by atoms with E-state index in [1.807, 2.05) is 72.2 Å². The van der Waals surface area contributed by atoms with Crippen LogP contribution in [0.3, 0.4) is 0 Å². The second-order valence-corrected chi connectivity index (χ2v) is 9.36. The normalized spacial score (nSPS) is 11.0. The molecule has 0 fully saturated rings. The molecule has 8 nitrogen and oxygen atoms in total. The van der Waals surface area contributed by atoms with Crippen molar-refractivity contribution in [3.63, 3.8) is 0 Å². The van der Waals surface area contributed by atoms with Crippen LogP contribution in [0.1, 0.15) is 9.75 Å². The summed E-state index contributed by atoms with van der Waals surface area (Å²) < 4.78 is 12.5. The molecule has 0 spiro atoms. The monoisotopic (exact) mass is 493 g/mol. The van der Waals surface area contributed by atoms with Crippen LogP contribution < -0.4 is 14.9 Å². The van der Waals surface area contributed by atoms with Crippen molar-refractivity contribution in [2.24, 2.45) is 5.10 Å². The van der Waals surface area contributed by atoms with Gasteiger partial charge in [0.15, 0.2) is 11.0 Å².